The molecule has 0 saturated carbocycles. The average molecular weight is 298 g/mol. The molecule has 7 nitrogen and oxygen atoms in total. The number of rotatable bonds is 5. The van der Waals surface area contributed by atoms with Crippen molar-refractivity contribution in [2.24, 2.45) is 0 Å². The van der Waals surface area contributed by atoms with Crippen molar-refractivity contribution in [3.8, 4) is 12.1 Å². The highest BCUT2D eigenvalue weighted by Gasteiger charge is 2.09. The van der Waals surface area contributed by atoms with Gasteiger partial charge in [-0.25, -0.2) is 9.67 Å². The van der Waals surface area contributed by atoms with Crippen LogP contribution in [0.25, 0.3) is 0 Å². The summed E-state index contributed by atoms with van der Waals surface area (Å²) in [5.41, 5.74) is 0.642. The summed E-state index contributed by atoms with van der Waals surface area (Å²) in [6.07, 6.45) is 1.33. The van der Waals surface area contributed by atoms with Crippen molar-refractivity contribution in [3.05, 3.63) is 36.4 Å². The Morgan fingerprint density at radius 2 is 2.19 bits per heavy atom. The van der Waals surface area contributed by atoms with E-state index in [9.17, 15) is 4.79 Å². The molecule has 2 rings (SSSR count). The van der Waals surface area contributed by atoms with Crippen molar-refractivity contribution < 1.29 is 4.79 Å². The summed E-state index contributed by atoms with van der Waals surface area (Å²) in [6.45, 7) is -0.0358. The Morgan fingerprint density at radius 3 is 2.90 bits per heavy atom. The van der Waals surface area contributed by atoms with Crippen molar-refractivity contribution in [1.29, 1.82) is 10.5 Å². The molecule has 1 amide bonds. The van der Waals surface area contributed by atoms with Crippen molar-refractivity contribution in [3.63, 3.8) is 0 Å². The van der Waals surface area contributed by atoms with E-state index in [4.69, 9.17) is 10.5 Å². The van der Waals surface area contributed by atoms with E-state index in [0.29, 0.717) is 11.4 Å². The molecular formula is C13H10N6OS. The van der Waals surface area contributed by atoms with E-state index in [1.165, 1.54) is 22.8 Å². The van der Waals surface area contributed by atoms with E-state index in [1.807, 2.05) is 18.2 Å². The maximum Gasteiger partial charge on any atom is 0.252 e. The number of amides is 1. The fourth-order valence-corrected chi connectivity index (χ4v) is 2.23. The van der Waals surface area contributed by atoms with Crippen molar-refractivity contribution in [1.82, 2.24) is 14.8 Å². The van der Waals surface area contributed by atoms with Crippen molar-refractivity contribution >= 4 is 23.4 Å². The molecule has 1 aromatic carbocycles. The molecule has 0 unspecified atom stereocenters. The van der Waals surface area contributed by atoms with Gasteiger partial charge in [0.2, 0.25) is 5.91 Å². The van der Waals surface area contributed by atoms with Crippen molar-refractivity contribution in [2.45, 2.75) is 11.4 Å². The maximum absolute atomic E-state index is 11.9. The van der Waals surface area contributed by atoms with Crippen LogP contribution in [0.4, 0.5) is 5.69 Å². The maximum atomic E-state index is 11.9. The summed E-state index contributed by atoms with van der Waals surface area (Å²) in [5.74, 6) is 0.0452. The lowest BCUT2D eigenvalue weighted by Gasteiger charge is -2.09. The Hall–Kier alpha value is -2.84. The van der Waals surface area contributed by atoms with E-state index in [0.717, 1.165) is 4.90 Å². The van der Waals surface area contributed by atoms with Crippen LogP contribution in [0.2, 0.25) is 0 Å². The molecule has 104 valence electrons. The molecule has 0 aliphatic rings. The minimum atomic E-state index is -0.283. The number of anilines is 1. The molecular weight excluding hydrogens is 288 g/mol. The van der Waals surface area contributed by atoms with Gasteiger partial charge in [0.05, 0.1) is 17.5 Å². The van der Waals surface area contributed by atoms with Crippen LogP contribution >= 0.6 is 11.8 Å². The number of aromatic nitrogens is 3. The van der Waals surface area contributed by atoms with Gasteiger partial charge in [-0.2, -0.15) is 10.5 Å². The van der Waals surface area contributed by atoms with Gasteiger partial charge in [0.15, 0.2) is 0 Å². The topological polar surface area (TPSA) is 107 Å². The normalized spacial score (nSPS) is 9.62. The van der Waals surface area contributed by atoms with Gasteiger partial charge in [-0.3, -0.25) is 4.79 Å². The molecule has 8 heteroatoms. The van der Waals surface area contributed by atoms with E-state index < -0.39 is 0 Å². The van der Waals surface area contributed by atoms with Crippen LogP contribution in [0, 0.1) is 22.7 Å². The molecule has 0 bridgehead atoms. The molecule has 21 heavy (non-hydrogen) atoms. The second-order valence-corrected chi connectivity index (χ2v) is 4.89. The van der Waals surface area contributed by atoms with Crippen LogP contribution < -0.4 is 5.32 Å². The summed E-state index contributed by atoms with van der Waals surface area (Å²) in [5, 5.41) is 23.8. The third-order valence-corrected chi connectivity index (χ3v) is 3.34. The number of hydrogen-bond donors (Lipinski definition) is 1. The average Bonchev–Trinajstić information content (AvgIpc) is 2.94. The smallest absolute Gasteiger partial charge is 0.252 e. The Kier molecular flexibility index (Phi) is 4.91. The largest absolute Gasteiger partial charge is 0.323 e. The van der Waals surface area contributed by atoms with Gasteiger partial charge >= 0.3 is 0 Å². The second-order valence-electron chi connectivity index (χ2n) is 3.87. The molecule has 0 radical (unpaired) electrons. The molecule has 1 aromatic heterocycles. The lowest BCUT2D eigenvalue weighted by Crippen LogP contribution is -2.19. The number of carbonyl (C=O) groups is 1. The molecule has 0 saturated heterocycles. The fourth-order valence-electron chi connectivity index (χ4n) is 1.56. The molecule has 0 atom stereocenters. The third-order valence-electron chi connectivity index (χ3n) is 2.40. The van der Waals surface area contributed by atoms with Crippen LogP contribution in [-0.2, 0) is 11.3 Å². The predicted molar refractivity (Wildman–Crippen MR) is 76.1 cm³/mol. The van der Waals surface area contributed by atoms with Gasteiger partial charge in [-0.15, -0.1) is 16.9 Å². The summed E-state index contributed by atoms with van der Waals surface area (Å²) in [7, 11) is 0. The quantitative estimate of drug-likeness (QED) is 0.836. The molecule has 0 aliphatic carbocycles. The van der Waals surface area contributed by atoms with Gasteiger partial charge in [0, 0.05) is 4.90 Å². The molecule has 0 spiro atoms. The zero-order valence-corrected chi connectivity index (χ0v) is 11.7. The SMILES string of the molecule is N#CCSc1ccccc1NC(=O)Cn1cnc(C#N)n1. The van der Waals surface area contributed by atoms with Gasteiger partial charge in [-0.1, -0.05) is 12.1 Å². The highest BCUT2D eigenvalue weighted by Crippen LogP contribution is 2.26. The highest BCUT2D eigenvalue weighted by molar-refractivity contribution is 7.99. The van der Waals surface area contributed by atoms with Gasteiger partial charge < -0.3 is 5.32 Å². The number of nitriles is 2. The highest BCUT2D eigenvalue weighted by atomic mass is 32.2. The number of thioether (sulfide) groups is 1. The molecule has 0 fully saturated rings. The molecule has 0 aliphatic heterocycles. The van der Waals surface area contributed by atoms with Gasteiger partial charge in [-0.05, 0) is 12.1 Å². The lowest BCUT2D eigenvalue weighted by molar-refractivity contribution is -0.116. The van der Waals surface area contributed by atoms with Crippen LogP contribution in [0.5, 0.6) is 0 Å². The number of nitrogens with zero attached hydrogens (tertiary/aromatic N) is 5. The van der Waals surface area contributed by atoms with E-state index in [1.54, 1.807) is 18.2 Å². The van der Waals surface area contributed by atoms with Gasteiger partial charge in [0.25, 0.3) is 5.82 Å². The number of hydrogen-bond acceptors (Lipinski definition) is 6. The second kappa shape index (κ2) is 7.08. The number of nitrogens with one attached hydrogen (secondary N) is 1. The minimum Gasteiger partial charge on any atom is -0.323 e. The Balaban J connectivity index is 2.02. The summed E-state index contributed by atoms with van der Waals surface area (Å²) < 4.78 is 1.29. The Labute approximate surface area is 125 Å². The van der Waals surface area contributed by atoms with Crippen LogP contribution in [0.3, 0.4) is 0 Å². The van der Waals surface area contributed by atoms with E-state index >= 15 is 0 Å². The summed E-state index contributed by atoms with van der Waals surface area (Å²) >= 11 is 1.35. The molecule has 2 aromatic rings. The predicted octanol–water partition coefficient (Wildman–Crippen LogP) is 1.40. The molecule has 1 heterocycles. The summed E-state index contributed by atoms with van der Waals surface area (Å²) in [4.78, 5) is 16.5. The Morgan fingerprint density at radius 1 is 1.38 bits per heavy atom. The zero-order chi connectivity index (χ0) is 15.1. The zero-order valence-electron chi connectivity index (χ0n) is 10.9. The van der Waals surface area contributed by atoms with E-state index in [-0.39, 0.29) is 18.3 Å². The summed E-state index contributed by atoms with van der Waals surface area (Å²) in [6, 6.07) is 11.1. The minimum absolute atomic E-state index is 0.0211. The van der Waals surface area contributed by atoms with Crippen LogP contribution in [0.15, 0.2) is 35.5 Å². The standard InChI is InChI=1S/C13H10N6OS/c14-5-6-21-11-4-2-1-3-10(11)17-13(20)8-19-9-16-12(7-15)18-19/h1-4,9H,6,8H2,(H,17,20). The first-order valence-electron chi connectivity index (χ1n) is 5.91. The monoisotopic (exact) mass is 298 g/mol. The van der Waals surface area contributed by atoms with Gasteiger partial charge in [0.1, 0.15) is 18.9 Å². The fraction of sp³-hybridized carbons (Fsp3) is 0.154. The third kappa shape index (κ3) is 4.06. The van der Waals surface area contributed by atoms with Crippen LogP contribution in [-0.4, -0.2) is 26.4 Å². The van der Waals surface area contributed by atoms with Crippen LogP contribution in [0.1, 0.15) is 5.82 Å². The first kappa shape index (κ1) is 14.6. The number of para-hydroxylation sites is 1. The van der Waals surface area contributed by atoms with Crippen molar-refractivity contribution in [2.75, 3.05) is 11.1 Å². The lowest BCUT2D eigenvalue weighted by atomic mass is 10.3. The first-order chi connectivity index (χ1) is 10.2. The Bertz CT molecular complexity index is 727. The number of carbonyl (C=O) groups excluding carboxylic acids is 1. The first-order valence-corrected chi connectivity index (χ1v) is 6.89. The van der Waals surface area contributed by atoms with E-state index in [2.05, 4.69) is 15.4 Å². The molecule has 1 N–H and O–H groups in total. The number of benzene rings is 1.